The second kappa shape index (κ2) is 10.3. The van der Waals surface area contributed by atoms with E-state index in [1.165, 1.54) is 0 Å². The van der Waals surface area contributed by atoms with Gasteiger partial charge in [0.1, 0.15) is 34.9 Å². The topological polar surface area (TPSA) is 169 Å². The van der Waals surface area contributed by atoms with Crippen molar-refractivity contribution >= 4 is 27.2 Å². The molecular formula is C10H18KNO9S2. The van der Waals surface area contributed by atoms with E-state index >= 15 is 0 Å². The van der Waals surface area contributed by atoms with Gasteiger partial charge in [0.25, 0.3) is 10.4 Å². The Labute approximate surface area is 180 Å². The summed E-state index contributed by atoms with van der Waals surface area (Å²) in [4.78, 5) is 0. The van der Waals surface area contributed by atoms with Gasteiger partial charge in [-0.3, -0.25) is 4.28 Å². The summed E-state index contributed by atoms with van der Waals surface area (Å²) in [5, 5.41) is 41.5. The number of aliphatic hydroxyl groups excluding tert-OH is 4. The maximum absolute atomic E-state index is 10.4. The molecule has 130 valence electrons. The van der Waals surface area contributed by atoms with Crippen LogP contribution in [-0.4, -0.2) is 74.9 Å². The molecule has 23 heavy (non-hydrogen) atoms. The zero-order chi connectivity index (χ0) is 17.1. The second-order valence-corrected chi connectivity index (χ2v) is 6.97. The van der Waals surface area contributed by atoms with Gasteiger partial charge in [-0.15, -0.1) is 0 Å². The number of oxime groups is 1. The first-order valence-electron chi connectivity index (χ1n) is 6.26. The Morgan fingerprint density at radius 1 is 1.30 bits per heavy atom. The van der Waals surface area contributed by atoms with Crippen LogP contribution in [0.15, 0.2) is 5.16 Å². The quantitative estimate of drug-likeness (QED) is 0.0876. The van der Waals surface area contributed by atoms with Crippen LogP contribution >= 0.6 is 11.8 Å². The molecule has 0 aromatic carbocycles. The van der Waals surface area contributed by atoms with Crippen LogP contribution in [0.5, 0.6) is 0 Å². The summed E-state index contributed by atoms with van der Waals surface area (Å²) in [6.45, 7) is 2.65. The van der Waals surface area contributed by atoms with Gasteiger partial charge in [-0.1, -0.05) is 30.8 Å². The Bertz CT molecular complexity index is 499. The minimum Gasteiger partial charge on any atom is -0.714 e. The van der Waals surface area contributed by atoms with E-state index in [0.29, 0.717) is 11.8 Å². The fourth-order valence-electron chi connectivity index (χ4n) is 1.63. The van der Waals surface area contributed by atoms with Crippen LogP contribution in [0.3, 0.4) is 0 Å². The first kappa shape index (κ1) is 24.2. The molecule has 5 atom stereocenters. The normalized spacial score (nSPS) is 32.5. The van der Waals surface area contributed by atoms with Crippen LogP contribution in [0.2, 0.25) is 0 Å². The van der Waals surface area contributed by atoms with E-state index in [1.807, 2.05) is 0 Å². The van der Waals surface area contributed by atoms with Crippen LogP contribution in [0.25, 0.3) is 0 Å². The average Bonchev–Trinajstić information content (AvgIpc) is 2.41. The average molecular weight is 399 g/mol. The molecule has 13 heteroatoms. The van der Waals surface area contributed by atoms with Gasteiger partial charge in [0.15, 0.2) is 0 Å². The van der Waals surface area contributed by atoms with Crippen molar-refractivity contribution in [2.45, 2.75) is 43.7 Å². The SMILES string of the molecule is CC(C)C(=NOS(=O)(=O)[O-])S[C@@H]1O[C@H](CO)[C@@H](O)[C@H](O)[C@H]1O.[K+]. The van der Waals surface area contributed by atoms with E-state index in [0.717, 1.165) is 0 Å². The zero-order valence-electron chi connectivity index (χ0n) is 12.8. The van der Waals surface area contributed by atoms with Crippen LogP contribution in [-0.2, 0) is 19.4 Å². The molecule has 4 N–H and O–H groups in total. The van der Waals surface area contributed by atoms with Crippen LogP contribution in [0.1, 0.15) is 13.8 Å². The van der Waals surface area contributed by atoms with Crippen molar-refractivity contribution in [2.24, 2.45) is 11.1 Å². The third kappa shape index (κ3) is 7.51. The summed E-state index contributed by atoms with van der Waals surface area (Å²) in [6, 6.07) is 0. The minimum absolute atomic E-state index is 0. The summed E-state index contributed by atoms with van der Waals surface area (Å²) in [5.74, 6) is -0.376. The van der Waals surface area contributed by atoms with E-state index in [2.05, 4.69) is 9.44 Å². The van der Waals surface area contributed by atoms with E-state index in [1.54, 1.807) is 13.8 Å². The van der Waals surface area contributed by atoms with Gasteiger partial charge >= 0.3 is 51.4 Å². The van der Waals surface area contributed by atoms with E-state index in [4.69, 9.17) is 9.84 Å². The van der Waals surface area contributed by atoms with Crippen LogP contribution in [0.4, 0.5) is 0 Å². The van der Waals surface area contributed by atoms with Crippen molar-refractivity contribution in [3.8, 4) is 0 Å². The summed E-state index contributed by atoms with van der Waals surface area (Å²) < 4.78 is 40.3. The fraction of sp³-hybridized carbons (Fsp3) is 0.900. The fourth-order valence-corrected chi connectivity index (χ4v) is 2.94. The molecule has 1 saturated heterocycles. The van der Waals surface area contributed by atoms with Crippen molar-refractivity contribution < 1.29 is 93.8 Å². The summed E-state index contributed by atoms with van der Waals surface area (Å²) >= 11 is 0.715. The Morgan fingerprint density at radius 2 is 1.87 bits per heavy atom. The first-order chi connectivity index (χ1) is 10.1. The molecule has 10 nitrogen and oxygen atoms in total. The predicted molar refractivity (Wildman–Crippen MR) is 74.4 cm³/mol. The van der Waals surface area contributed by atoms with Crippen molar-refractivity contribution in [3.05, 3.63) is 0 Å². The Hall–Kier alpha value is 1.17. The zero-order valence-corrected chi connectivity index (χ0v) is 17.5. The molecule has 1 heterocycles. The number of rotatable bonds is 5. The van der Waals surface area contributed by atoms with Crippen LogP contribution in [0, 0.1) is 5.92 Å². The Morgan fingerprint density at radius 3 is 2.30 bits per heavy atom. The summed E-state index contributed by atoms with van der Waals surface area (Å²) in [6.07, 6.45) is -5.69. The molecule has 0 radical (unpaired) electrons. The molecule has 1 fully saturated rings. The van der Waals surface area contributed by atoms with E-state index in [-0.39, 0.29) is 62.3 Å². The molecule has 0 aromatic rings. The van der Waals surface area contributed by atoms with Crippen molar-refractivity contribution in [3.63, 3.8) is 0 Å². The molecule has 0 unspecified atom stereocenters. The Balaban J connectivity index is 0.00000484. The largest absolute Gasteiger partial charge is 1.00 e. The molecule has 1 aliphatic heterocycles. The number of ether oxygens (including phenoxy) is 1. The number of nitrogens with zero attached hydrogens (tertiary/aromatic N) is 1. The van der Waals surface area contributed by atoms with Gasteiger partial charge in [-0.25, -0.2) is 0 Å². The molecule has 1 rings (SSSR count). The molecule has 1 aliphatic rings. The van der Waals surface area contributed by atoms with Crippen LogP contribution < -0.4 is 51.4 Å². The predicted octanol–water partition coefficient (Wildman–Crippen LogP) is -5.03. The first-order valence-corrected chi connectivity index (χ1v) is 8.47. The maximum atomic E-state index is 10.4. The smallest absolute Gasteiger partial charge is 0.714 e. The van der Waals surface area contributed by atoms with Crippen molar-refractivity contribution in [1.82, 2.24) is 0 Å². The summed E-state index contributed by atoms with van der Waals surface area (Å²) in [5.41, 5.74) is -1.14. The number of hydrogen-bond donors (Lipinski definition) is 4. The number of hydrogen-bond acceptors (Lipinski definition) is 11. The third-order valence-electron chi connectivity index (χ3n) is 2.80. The molecule has 0 spiro atoms. The monoisotopic (exact) mass is 399 g/mol. The Kier molecular flexibility index (Phi) is 10.9. The van der Waals surface area contributed by atoms with Gasteiger partial charge < -0.3 is 29.7 Å². The molecule has 0 amide bonds. The number of thioether (sulfide) groups is 1. The molecule has 0 aromatic heterocycles. The van der Waals surface area contributed by atoms with Gasteiger partial charge in [-0.2, -0.15) is 8.42 Å². The molecule has 0 bridgehead atoms. The van der Waals surface area contributed by atoms with E-state index in [9.17, 15) is 28.3 Å². The molecule has 0 saturated carbocycles. The van der Waals surface area contributed by atoms with E-state index < -0.39 is 46.9 Å². The van der Waals surface area contributed by atoms with Crippen molar-refractivity contribution in [2.75, 3.05) is 6.61 Å². The summed E-state index contributed by atoms with van der Waals surface area (Å²) in [7, 11) is -5.03. The van der Waals surface area contributed by atoms with Gasteiger partial charge in [0.2, 0.25) is 0 Å². The molecule has 0 aliphatic carbocycles. The van der Waals surface area contributed by atoms with Gasteiger partial charge in [0, 0.05) is 5.92 Å². The van der Waals surface area contributed by atoms with Crippen molar-refractivity contribution in [1.29, 1.82) is 0 Å². The van der Waals surface area contributed by atoms with Gasteiger partial charge in [-0.05, 0) is 0 Å². The van der Waals surface area contributed by atoms with Gasteiger partial charge in [0.05, 0.1) is 6.61 Å². The minimum atomic E-state index is -5.03. The third-order valence-corrected chi connectivity index (χ3v) is 4.46. The number of aliphatic hydroxyl groups is 4. The maximum Gasteiger partial charge on any atom is 1.00 e. The molecular weight excluding hydrogens is 381 g/mol. The standard InChI is InChI=1S/C10H19NO9S2.K/c1-4(2)9(11-20-22(16,17)18)21-10-8(15)7(14)6(13)5(3-12)19-10;/h4-8,10,12-15H,3H2,1-2H3,(H,16,17,18);/q;+1/p-1/t5-,6-,7+,8-,10+;/m1./s1. The second-order valence-electron chi connectivity index (χ2n) is 4.88.